The summed E-state index contributed by atoms with van der Waals surface area (Å²) >= 11 is 0. The minimum absolute atomic E-state index is 1.07. The average Bonchev–Trinajstić information content (AvgIpc) is 2.54. The maximum atomic E-state index is 3.94. The summed E-state index contributed by atoms with van der Waals surface area (Å²) in [5.74, 6) is 0. The molecule has 1 aromatic heterocycles. The van der Waals surface area contributed by atoms with Crippen molar-refractivity contribution >= 4 is 10.9 Å². The Morgan fingerprint density at radius 3 is 2.73 bits per heavy atom. The second-order valence-electron chi connectivity index (χ2n) is 4.21. The van der Waals surface area contributed by atoms with E-state index in [4.69, 9.17) is 0 Å². The number of nitrogens with zero attached hydrogens (tertiary/aromatic N) is 1. The monoisotopic (exact) mass is 199 g/mol. The van der Waals surface area contributed by atoms with Gasteiger partial charge in [-0.2, -0.15) is 0 Å². The molecule has 0 amide bonds. The third-order valence-corrected chi connectivity index (χ3v) is 2.86. The number of aryl methyl sites for hydroxylation is 2. The summed E-state index contributed by atoms with van der Waals surface area (Å²) in [5, 5.41) is 1.33. The van der Waals surface area contributed by atoms with E-state index in [0.717, 1.165) is 12.8 Å². The van der Waals surface area contributed by atoms with Gasteiger partial charge in [0.2, 0.25) is 0 Å². The molecule has 0 atom stereocenters. The lowest BCUT2D eigenvalue weighted by atomic mass is 10.1. The number of rotatable bonds is 3. The molecule has 0 saturated carbocycles. The third kappa shape index (κ3) is 1.96. The number of aromatic nitrogens is 1. The van der Waals surface area contributed by atoms with E-state index < -0.39 is 0 Å². The van der Waals surface area contributed by atoms with Gasteiger partial charge in [0.05, 0.1) is 0 Å². The minimum Gasteiger partial charge on any atom is -0.348 e. The van der Waals surface area contributed by atoms with E-state index in [1.165, 1.54) is 22.2 Å². The zero-order valence-electron chi connectivity index (χ0n) is 9.46. The van der Waals surface area contributed by atoms with Gasteiger partial charge in [-0.15, -0.1) is 6.58 Å². The van der Waals surface area contributed by atoms with Crippen molar-refractivity contribution in [2.75, 3.05) is 0 Å². The predicted molar refractivity (Wildman–Crippen MR) is 66.1 cm³/mol. The molecule has 0 saturated heterocycles. The van der Waals surface area contributed by atoms with Gasteiger partial charge in [-0.1, -0.05) is 23.8 Å². The number of benzene rings is 1. The molecule has 1 heteroatoms. The maximum absolute atomic E-state index is 3.94. The molecule has 1 aromatic carbocycles. The Balaban J connectivity index is 2.36. The van der Waals surface area contributed by atoms with Crippen molar-refractivity contribution in [3.05, 3.63) is 48.2 Å². The highest BCUT2D eigenvalue weighted by Crippen LogP contribution is 2.19. The number of hydrogen-bond acceptors (Lipinski definition) is 0. The zero-order valence-corrected chi connectivity index (χ0v) is 9.46. The fourth-order valence-corrected chi connectivity index (χ4v) is 1.93. The molecule has 1 heterocycles. The summed E-state index contributed by atoms with van der Waals surface area (Å²) in [6.45, 7) is 6.03. The Hall–Kier alpha value is -1.50. The van der Waals surface area contributed by atoms with Gasteiger partial charge >= 0.3 is 0 Å². The van der Waals surface area contributed by atoms with Crippen LogP contribution in [0.1, 0.15) is 19.0 Å². The Morgan fingerprint density at radius 2 is 2.07 bits per heavy atom. The molecule has 15 heavy (non-hydrogen) atoms. The van der Waals surface area contributed by atoms with Crippen LogP contribution < -0.4 is 0 Å². The predicted octanol–water partition coefficient (Wildman–Crippen LogP) is 3.69. The topological polar surface area (TPSA) is 4.93 Å². The molecule has 1 nitrogen and oxygen atoms in total. The Kier molecular flexibility index (Phi) is 2.63. The second-order valence-corrected chi connectivity index (χ2v) is 4.21. The molecule has 0 aliphatic rings. The maximum Gasteiger partial charge on any atom is 0.0479 e. The quantitative estimate of drug-likeness (QED) is 0.664. The van der Waals surface area contributed by atoms with Crippen molar-refractivity contribution in [2.24, 2.45) is 7.05 Å². The first-order valence-corrected chi connectivity index (χ1v) is 5.36. The number of fused-ring (bicyclic) bond motifs is 1. The fourth-order valence-electron chi connectivity index (χ4n) is 1.93. The van der Waals surface area contributed by atoms with Gasteiger partial charge in [0.1, 0.15) is 0 Å². The molecule has 2 rings (SSSR count). The molecule has 0 radical (unpaired) electrons. The first-order chi connectivity index (χ1) is 7.18. The van der Waals surface area contributed by atoms with Crippen LogP contribution in [0.15, 0.2) is 42.5 Å². The lowest BCUT2D eigenvalue weighted by Gasteiger charge is -2.03. The SMILES string of the molecule is C=C(C)CCc1cc2ccccc2n1C. The Labute approximate surface area is 91.0 Å². The van der Waals surface area contributed by atoms with E-state index in [9.17, 15) is 0 Å². The summed E-state index contributed by atoms with van der Waals surface area (Å²) in [7, 11) is 2.14. The van der Waals surface area contributed by atoms with Crippen LogP contribution in [0.3, 0.4) is 0 Å². The van der Waals surface area contributed by atoms with Crippen LogP contribution in [-0.4, -0.2) is 4.57 Å². The van der Waals surface area contributed by atoms with Gasteiger partial charge in [-0.25, -0.2) is 0 Å². The lowest BCUT2D eigenvalue weighted by molar-refractivity contribution is 0.816. The van der Waals surface area contributed by atoms with Crippen molar-refractivity contribution in [1.82, 2.24) is 4.57 Å². The average molecular weight is 199 g/mol. The van der Waals surface area contributed by atoms with E-state index in [1.54, 1.807) is 0 Å². The van der Waals surface area contributed by atoms with Crippen LogP contribution in [0, 0.1) is 0 Å². The van der Waals surface area contributed by atoms with E-state index in [-0.39, 0.29) is 0 Å². The molecular weight excluding hydrogens is 182 g/mol. The van der Waals surface area contributed by atoms with Crippen LogP contribution >= 0.6 is 0 Å². The molecule has 2 aromatic rings. The summed E-state index contributed by atoms with van der Waals surface area (Å²) in [6, 6.07) is 10.8. The largest absolute Gasteiger partial charge is 0.348 e. The normalized spacial score (nSPS) is 10.8. The van der Waals surface area contributed by atoms with Crippen LogP contribution in [-0.2, 0) is 13.5 Å². The van der Waals surface area contributed by atoms with Gasteiger partial charge in [-0.3, -0.25) is 0 Å². The van der Waals surface area contributed by atoms with E-state index >= 15 is 0 Å². The van der Waals surface area contributed by atoms with E-state index in [1.807, 2.05) is 0 Å². The molecule has 78 valence electrons. The summed E-state index contributed by atoms with van der Waals surface area (Å²) in [5.41, 5.74) is 3.95. The molecule has 0 N–H and O–H groups in total. The molecular formula is C14H17N. The van der Waals surface area contributed by atoms with Crippen LogP contribution in [0.25, 0.3) is 10.9 Å². The lowest BCUT2D eigenvalue weighted by Crippen LogP contribution is -1.96. The molecule has 0 bridgehead atoms. The van der Waals surface area contributed by atoms with Gasteiger partial charge in [-0.05, 0) is 37.3 Å². The summed E-state index contributed by atoms with van der Waals surface area (Å²) in [4.78, 5) is 0. The molecule has 0 aliphatic carbocycles. The number of allylic oxidation sites excluding steroid dienone is 1. The van der Waals surface area contributed by atoms with Crippen molar-refractivity contribution in [1.29, 1.82) is 0 Å². The van der Waals surface area contributed by atoms with Gasteiger partial charge in [0.25, 0.3) is 0 Å². The smallest absolute Gasteiger partial charge is 0.0479 e. The van der Waals surface area contributed by atoms with Crippen molar-refractivity contribution in [3.8, 4) is 0 Å². The van der Waals surface area contributed by atoms with Gasteiger partial charge in [0, 0.05) is 18.3 Å². The minimum atomic E-state index is 1.07. The highest BCUT2D eigenvalue weighted by molar-refractivity contribution is 5.81. The first-order valence-electron chi connectivity index (χ1n) is 5.36. The highest BCUT2D eigenvalue weighted by atomic mass is 14.9. The number of hydrogen-bond donors (Lipinski definition) is 0. The molecule has 0 fully saturated rings. The van der Waals surface area contributed by atoms with Crippen molar-refractivity contribution < 1.29 is 0 Å². The zero-order chi connectivity index (χ0) is 10.8. The van der Waals surface area contributed by atoms with Crippen LogP contribution in [0.4, 0.5) is 0 Å². The third-order valence-electron chi connectivity index (χ3n) is 2.86. The highest BCUT2D eigenvalue weighted by Gasteiger charge is 2.04. The fraction of sp³-hybridized carbons (Fsp3) is 0.286. The Bertz CT molecular complexity index is 491. The van der Waals surface area contributed by atoms with E-state index in [2.05, 4.69) is 55.4 Å². The summed E-state index contributed by atoms with van der Waals surface area (Å²) in [6.07, 6.45) is 2.16. The van der Waals surface area contributed by atoms with Crippen molar-refractivity contribution in [3.63, 3.8) is 0 Å². The molecule has 0 unspecified atom stereocenters. The Morgan fingerprint density at radius 1 is 1.33 bits per heavy atom. The van der Waals surface area contributed by atoms with Gasteiger partial charge < -0.3 is 4.57 Å². The van der Waals surface area contributed by atoms with E-state index in [0.29, 0.717) is 0 Å². The first kappa shape index (κ1) is 10.0. The van der Waals surface area contributed by atoms with Gasteiger partial charge in [0.15, 0.2) is 0 Å². The van der Waals surface area contributed by atoms with Crippen LogP contribution in [0.2, 0.25) is 0 Å². The molecule has 0 aliphatic heterocycles. The molecule has 0 spiro atoms. The number of para-hydroxylation sites is 1. The summed E-state index contributed by atoms with van der Waals surface area (Å²) < 4.78 is 2.28. The standard InChI is InChI=1S/C14H17N/c1-11(2)8-9-13-10-12-6-4-5-7-14(12)15(13)3/h4-7,10H,1,8-9H2,2-3H3. The van der Waals surface area contributed by atoms with Crippen LogP contribution in [0.5, 0.6) is 0 Å². The van der Waals surface area contributed by atoms with Crippen molar-refractivity contribution in [2.45, 2.75) is 19.8 Å². The second kappa shape index (κ2) is 3.93.